The number of β-lactam (4-membered cyclic amide) rings is 1. The summed E-state index contributed by atoms with van der Waals surface area (Å²) in [6, 6.07) is 2.04. The van der Waals surface area contributed by atoms with E-state index in [-0.39, 0.29) is 41.5 Å². The molecule has 1 unspecified atom stereocenters. The fourth-order valence-electron chi connectivity index (χ4n) is 3.53. The van der Waals surface area contributed by atoms with Gasteiger partial charge in [-0.05, 0) is 18.6 Å². The molecule has 0 aromatic carbocycles. The molecule has 2 aliphatic heterocycles. The van der Waals surface area contributed by atoms with Gasteiger partial charge in [0.25, 0.3) is 11.8 Å². The SMILES string of the molecule is CCCC(=O)OC(C)OC(=O)C1=C(COC(N)=O)CS[C@@H]2[C@H](NC(=O)/C(=N\OC)c3ccco3)C(=O)N12. The van der Waals surface area contributed by atoms with Crippen molar-refractivity contribution in [3.8, 4) is 0 Å². The van der Waals surface area contributed by atoms with Gasteiger partial charge in [-0.25, -0.2) is 9.59 Å². The Hall–Kier alpha value is -4.01. The first-order valence-corrected chi connectivity index (χ1v) is 12.2. The van der Waals surface area contributed by atoms with E-state index < -0.39 is 47.6 Å². The summed E-state index contributed by atoms with van der Waals surface area (Å²) in [5.41, 5.74) is 4.93. The molecule has 0 bridgehead atoms. The number of rotatable bonds is 11. The number of furan rings is 1. The molecule has 15 heteroatoms. The van der Waals surface area contributed by atoms with Gasteiger partial charge in [-0.15, -0.1) is 11.8 Å². The van der Waals surface area contributed by atoms with Crippen molar-refractivity contribution >= 4 is 47.3 Å². The smallest absolute Gasteiger partial charge is 0.404 e. The van der Waals surface area contributed by atoms with Crippen LogP contribution in [0, 0.1) is 0 Å². The monoisotopic (exact) mass is 538 g/mol. The molecule has 1 fully saturated rings. The Balaban J connectivity index is 1.78. The number of hydrogen-bond donors (Lipinski definition) is 2. The molecule has 3 heterocycles. The van der Waals surface area contributed by atoms with Crippen LogP contribution in [-0.4, -0.2) is 77.6 Å². The standard InChI is InChI=1S/C22H26N4O10S/c1-4-6-14(27)35-11(2)36-21(30)17-12(9-34-22(23)31)10-37-20-16(19(29)26(17)20)24-18(28)15(25-32-3)13-7-5-8-33-13/h5,7-8,11,16,20H,4,6,9-10H2,1-3H3,(H2,23,31)(H,24,28)/b25-15-/t11?,16-,20-/m1/s1. The number of hydrogen-bond acceptors (Lipinski definition) is 12. The molecule has 3 amide bonds. The third kappa shape index (κ3) is 6.41. The highest BCUT2D eigenvalue weighted by Crippen LogP contribution is 2.41. The summed E-state index contributed by atoms with van der Waals surface area (Å²) in [6.07, 6.45) is -0.278. The zero-order chi connectivity index (χ0) is 27.1. The van der Waals surface area contributed by atoms with E-state index in [9.17, 15) is 24.0 Å². The summed E-state index contributed by atoms with van der Waals surface area (Å²) in [5, 5.41) is 5.55. The minimum atomic E-state index is -1.24. The maximum Gasteiger partial charge on any atom is 0.404 e. The average Bonchev–Trinajstić information content (AvgIpc) is 3.38. The number of ether oxygens (including phenoxy) is 3. The number of amides is 3. The number of nitrogens with two attached hydrogens (primary N) is 1. The topological polar surface area (TPSA) is 189 Å². The molecule has 200 valence electrons. The van der Waals surface area contributed by atoms with Gasteiger partial charge in [0.05, 0.1) is 6.26 Å². The van der Waals surface area contributed by atoms with Crippen molar-refractivity contribution in [1.29, 1.82) is 0 Å². The van der Waals surface area contributed by atoms with Gasteiger partial charge in [0, 0.05) is 24.7 Å². The second-order valence-corrected chi connectivity index (χ2v) is 8.84. The number of nitrogens with one attached hydrogen (secondary N) is 1. The van der Waals surface area contributed by atoms with E-state index in [4.69, 9.17) is 29.2 Å². The van der Waals surface area contributed by atoms with E-state index in [1.165, 1.54) is 38.1 Å². The first kappa shape index (κ1) is 27.6. The molecule has 1 aromatic heterocycles. The summed E-state index contributed by atoms with van der Waals surface area (Å²) >= 11 is 1.22. The van der Waals surface area contributed by atoms with Crippen LogP contribution in [0.4, 0.5) is 4.79 Å². The number of esters is 2. The molecular formula is C22H26N4O10S. The predicted molar refractivity (Wildman–Crippen MR) is 126 cm³/mol. The van der Waals surface area contributed by atoms with E-state index in [2.05, 4.69) is 10.5 Å². The number of carbonyl (C=O) groups excluding carboxylic acids is 5. The number of primary amides is 1. The zero-order valence-corrected chi connectivity index (χ0v) is 21.1. The summed E-state index contributed by atoms with van der Waals surface area (Å²) in [5.74, 6) is -2.61. The van der Waals surface area contributed by atoms with Crippen molar-refractivity contribution in [3.05, 3.63) is 35.4 Å². The highest BCUT2D eigenvalue weighted by atomic mass is 32.2. The summed E-state index contributed by atoms with van der Waals surface area (Å²) in [7, 11) is 1.25. The Labute approximate surface area is 215 Å². The van der Waals surface area contributed by atoms with Gasteiger partial charge in [0.15, 0.2) is 5.76 Å². The van der Waals surface area contributed by atoms with Crippen molar-refractivity contribution < 1.29 is 47.4 Å². The van der Waals surface area contributed by atoms with Crippen LogP contribution in [0.15, 0.2) is 39.2 Å². The Bertz CT molecular complexity index is 1120. The lowest BCUT2D eigenvalue weighted by molar-refractivity contribution is -0.184. The van der Waals surface area contributed by atoms with E-state index in [1.54, 1.807) is 13.0 Å². The van der Waals surface area contributed by atoms with Crippen LogP contribution in [0.2, 0.25) is 0 Å². The van der Waals surface area contributed by atoms with E-state index >= 15 is 0 Å². The average molecular weight is 539 g/mol. The Morgan fingerprint density at radius 1 is 1.32 bits per heavy atom. The van der Waals surface area contributed by atoms with Crippen LogP contribution < -0.4 is 11.1 Å². The molecule has 0 aliphatic carbocycles. The molecule has 2 aliphatic rings. The minimum absolute atomic E-state index is 0.126. The summed E-state index contributed by atoms with van der Waals surface area (Å²) in [6.45, 7) is 2.78. The molecule has 1 aromatic rings. The highest BCUT2D eigenvalue weighted by Gasteiger charge is 2.55. The lowest BCUT2D eigenvalue weighted by atomic mass is 10.0. The number of nitrogens with zero attached hydrogens (tertiary/aromatic N) is 2. The minimum Gasteiger partial charge on any atom is -0.462 e. The molecule has 1 saturated heterocycles. The molecule has 0 saturated carbocycles. The molecular weight excluding hydrogens is 512 g/mol. The van der Waals surface area contributed by atoms with Gasteiger partial charge in [-0.1, -0.05) is 12.1 Å². The maximum atomic E-state index is 13.1. The molecule has 3 atom stereocenters. The fraction of sp³-hybridized carbons (Fsp3) is 0.455. The van der Waals surface area contributed by atoms with Crippen molar-refractivity contribution in [3.63, 3.8) is 0 Å². The third-order valence-electron chi connectivity index (χ3n) is 5.09. The summed E-state index contributed by atoms with van der Waals surface area (Å²) < 4.78 is 20.3. The Morgan fingerprint density at radius 2 is 2.08 bits per heavy atom. The Kier molecular flexibility index (Phi) is 9.16. The molecule has 0 radical (unpaired) electrons. The van der Waals surface area contributed by atoms with E-state index in [1.807, 2.05) is 0 Å². The predicted octanol–water partition coefficient (Wildman–Crippen LogP) is 0.612. The van der Waals surface area contributed by atoms with Crippen molar-refractivity contribution in [2.45, 2.75) is 44.4 Å². The number of thioether (sulfide) groups is 1. The lowest BCUT2D eigenvalue weighted by Crippen LogP contribution is -2.71. The Morgan fingerprint density at radius 3 is 2.70 bits per heavy atom. The van der Waals surface area contributed by atoms with Gasteiger partial charge in [-0.2, -0.15) is 0 Å². The van der Waals surface area contributed by atoms with Crippen LogP contribution in [-0.2, 0) is 38.2 Å². The van der Waals surface area contributed by atoms with Crippen molar-refractivity contribution in [2.75, 3.05) is 19.5 Å². The van der Waals surface area contributed by atoms with Crippen LogP contribution in [0.5, 0.6) is 0 Å². The van der Waals surface area contributed by atoms with Gasteiger partial charge < -0.3 is 34.5 Å². The van der Waals surface area contributed by atoms with Gasteiger partial charge >= 0.3 is 18.0 Å². The largest absolute Gasteiger partial charge is 0.462 e. The second kappa shape index (κ2) is 12.3. The van der Waals surface area contributed by atoms with E-state index in [0.717, 1.165) is 4.90 Å². The normalized spacial score (nSPS) is 19.8. The lowest BCUT2D eigenvalue weighted by Gasteiger charge is -2.49. The third-order valence-corrected chi connectivity index (χ3v) is 6.43. The fourth-order valence-corrected chi connectivity index (χ4v) is 4.86. The number of fused-ring (bicyclic) bond motifs is 1. The van der Waals surface area contributed by atoms with Crippen LogP contribution in [0.3, 0.4) is 0 Å². The van der Waals surface area contributed by atoms with Gasteiger partial charge in [0.1, 0.15) is 30.8 Å². The number of carbonyl (C=O) groups is 5. The molecule has 14 nitrogen and oxygen atoms in total. The van der Waals surface area contributed by atoms with Gasteiger partial charge in [0.2, 0.25) is 12.0 Å². The molecule has 0 spiro atoms. The van der Waals surface area contributed by atoms with E-state index in [0.29, 0.717) is 6.42 Å². The van der Waals surface area contributed by atoms with Crippen LogP contribution >= 0.6 is 11.8 Å². The molecule has 3 N–H and O–H groups in total. The highest BCUT2D eigenvalue weighted by molar-refractivity contribution is 8.00. The zero-order valence-electron chi connectivity index (χ0n) is 20.3. The van der Waals surface area contributed by atoms with Crippen molar-refractivity contribution in [2.24, 2.45) is 10.9 Å². The maximum absolute atomic E-state index is 13.1. The first-order valence-electron chi connectivity index (χ1n) is 11.1. The summed E-state index contributed by atoms with van der Waals surface area (Å²) in [4.78, 5) is 67.7. The van der Waals surface area contributed by atoms with Gasteiger partial charge in [-0.3, -0.25) is 19.3 Å². The van der Waals surface area contributed by atoms with Crippen LogP contribution in [0.1, 0.15) is 32.4 Å². The molecule has 37 heavy (non-hydrogen) atoms. The number of oxime groups is 1. The first-order chi connectivity index (χ1) is 17.7. The molecule has 3 rings (SSSR count). The van der Waals surface area contributed by atoms with Crippen molar-refractivity contribution in [1.82, 2.24) is 10.2 Å². The second-order valence-electron chi connectivity index (χ2n) is 7.73. The van der Waals surface area contributed by atoms with Crippen LogP contribution in [0.25, 0.3) is 0 Å². The quantitative estimate of drug-likeness (QED) is 0.132.